The van der Waals surface area contributed by atoms with Crippen LogP contribution in [0.15, 0.2) is 47.5 Å². The van der Waals surface area contributed by atoms with Gasteiger partial charge in [0.15, 0.2) is 5.96 Å². The number of fused-ring (bicyclic) bond motifs is 1. The molecule has 0 aromatic heterocycles. The van der Waals surface area contributed by atoms with Gasteiger partial charge in [0.2, 0.25) is 0 Å². The number of rotatable bonds is 4. The summed E-state index contributed by atoms with van der Waals surface area (Å²) in [6.45, 7) is 4.43. The molecule has 28 heavy (non-hydrogen) atoms. The molecular formula is C23H30IN3O. The van der Waals surface area contributed by atoms with Crippen LogP contribution in [0.1, 0.15) is 41.5 Å². The predicted octanol–water partition coefficient (Wildman–Crippen LogP) is 4.58. The number of benzene rings is 2. The number of hydrogen-bond acceptors (Lipinski definition) is 2. The molecule has 1 heterocycles. The lowest BCUT2D eigenvalue weighted by molar-refractivity contribution is 0.0529. The zero-order valence-electron chi connectivity index (χ0n) is 16.5. The highest BCUT2D eigenvalue weighted by Crippen LogP contribution is 2.37. The van der Waals surface area contributed by atoms with Gasteiger partial charge in [-0.05, 0) is 73.4 Å². The fraction of sp³-hybridized carbons (Fsp3) is 0.435. The molecule has 1 saturated heterocycles. The van der Waals surface area contributed by atoms with Gasteiger partial charge >= 0.3 is 0 Å². The van der Waals surface area contributed by atoms with E-state index in [-0.39, 0.29) is 29.4 Å². The summed E-state index contributed by atoms with van der Waals surface area (Å²) in [5, 5.41) is 3.29. The second kappa shape index (κ2) is 9.27. The summed E-state index contributed by atoms with van der Waals surface area (Å²) in [4.78, 5) is 4.75. The third kappa shape index (κ3) is 4.51. The molecule has 0 saturated carbocycles. The van der Waals surface area contributed by atoms with E-state index in [1.54, 1.807) is 0 Å². The number of ether oxygens (including phenoxy) is 1. The Morgan fingerprint density at radius 3 is 2.64 bits per heavy atom. The highest BCUT2D eigenvalue weighted by atomic mass is 127. The Morgan fingerprint density at radius 1 is 1.11 bits per heavy atom. The summed E-state index contributed by atoms with van der Waals surface area (Å²) in [6, 6.07) is 15.2. The van der Waals surface area contributed by atoms with E-state index in [4.69, 9.17) is 15.5 Å². The summed E-state index contributed by atoms with van der Waals surface area (Å²) in [7, 11) is 0. The van der Waals surface area contributed by atoms with Gasteiger partial charge in [-0.1, -0.05) is 30.3 Å². The van der Waals surface area contributed by atoms with Gasteiger partial charge in [0.05, 0.1) is 6.54 Å². The minimum atomic E-state index is 0. The van der Waals surface area contributed by atoms with Crippen molar-refractivity contribution in [2.24, 2.45) is 10.7 Å². The number of nitrogens with two attached hydrogens (primary N) is 1. The molecule has 0 amide bonds. The molecule has 2 aliphatic rings. The summed E-state index contributed by atoms with van der Waals surface area (Å²) in [5.41, 5.74) is 12.9. The smallest absolute Gasteiger partial charge is 0.193 e. The lowest BCUT2D eigenvalue weighted by atomic mass is 9.72. The first kappa shape index (κ1) is 21.1. The lowest BCUT2D eigenvalue weighted by Gasteiger charge is -2.37. The summed E-state index contributed by atoms with van der Waals surface area (Å²) < 4.78 is 5.64. The molecule has 4 nitrogen and oxygen atoms in total. The Balaban J connectivity index is 0.00000225. The molecule has 4 rings (SSSR count). The maximum Gasteiger partial charge on any atom is 0.193 e. The van der Waals surface area contributed by atoms with Crippen molar-refractivity contribution in [1.82, 2.24) is 0 Å². The molecule has 5 heteroatoms. The molecule has 0 unspecified atom stereocenters. The zero-order chi connectivity index (χ0) is 18.7. The number of anilines is 1. The molecule has 2 aromatic rings. The van der Waals surface area contributed by atoms with Crippen molar-refractivity contribution in [2.45, 2.75) is 44.4 Å². The molecule has 1 aliphatic carbocycles. The molecule has 2 aromatic carbocycles. The molecule has 0 spiro atoms. The average molecular weight is 491 g/mol. The van der Waals surface area contributed by atoms with Crippen LogP contribution in [-0.2, 0) is 23.0 Å². The highest BCUT2D eigenvalue weighted by molar-refractivity contribution is 14.0. The Hall–Kier alpha value is -1.60. The molecule has 1 fully saturated rings. The molecule has 1 aliphatic heterocycles. The number of hydrogen-bond donors (Lipinski definition) is 2. The number of aryl methyl sites for hydroxylation is 3. The minimum absolute atomic E-state index is 0. The summed E-state index contributed by atoms with van der Waals surface area (Å²) in [6.07, 6.45) is 5.57. The van der Waals surface area contributed by atoms with Crippen molar-refractivity contribution in [1.29, 1.82) is 0 Å². The largest absolute Gasteiger partial charge is 0.381 e. The second-order valence-electron chi connectivity index (χ2n) is 7.87. The van der Waals surface area contributed by atoms with E-state index < -0.39 is 0 Å². The van der Waals surface area contributed by atoms with Gasteiger partial charge < -0.3 is 15.8 Å². The molecule has 0 atom stereocenters. The van der Waals surface area contributed by atoms with E-state index in [1.165, 1.54) is 35.1 Å². The monoisotopic (exact) mass is 491 g/mol. The number of aliphatic imine (C=N–C) groups is 1. The Kier molecular flexibility index (Phi) is 6.99. The third-order valence-electron chi connectivity index (χ3n) is 6.09. The Morgan fingerprint density at radius 2 is 1.86 bits per heavy atom. The van der Waals surface area contributed by atoms with Gasteiger partial charge in [0.1, 0.15) is 0 Å². The Bertz CT molecular complexity index is 843. The minimum Gasteiger partial charge on any atom is -0.381 e. The van der Waals surface area contributed by atoms with Crippen LogP contribution in [0.25, 0.3) is 0 Å². The molecule has 0 bridgehead atoms. The fourth-order valence-electron chi connectivity index (χ4n) is 4.52. The van der Waals surface area contributed by atoms with Crippen molar-refractivity contribution >= 4 is 35.6 Å². The highest BCUT2D eigenvalue weighted by Gasteiger charge is 2.35. The van der Waals surface area contributed by atoms with E-state index >= 15 is 0 Å². The zero-order valence-corrected chi connectivity index (χ0v) is 18.9. The van der Waals surface area contributed by atoms with Gasteiger partial charge in [0.25, 0.3) is 0 Å². The molecule has 0 radical (unpaired) electrons. The van der Waals surface area contributed by atoms with Gasteiger partial charge in [-0.2, -0.15) is 0 Å². The maximum atomic E-state index is 6.25. The van der Waals surface area contributed by atoms with Gasteiger partial charge in [-0.25, -0.2) is 0 Å². The van der Waals surface area contributed by atoms with Crippen LogP contribution in [0.2, 0.25) is 0 Å². The second-order valence-corrected chi connectivity index (χ2v) is 7.87. The van der Waals surface area contributed by atoms with Gasteiger partial charge in [0, 0.05) is 24.3 Å². The van der Waals surface area contributed by atoms with Crippen molar-refractivity contribution in [2.75, 3.05) is 25.1 Å². The summed E-state index contributed by atoms with van der Waals surface area (Å²) in [5.74, 6) is 0.493. The standard InChI is InChI=1S/C23H29N3O.HI/c1-17-5-2-3-8-21(17)23(11-13-27-14-12-23)16-25-22(24)26-20-10-9-18-6-4-7-19(18)15-20;/h2-3,5,8-10,15H,4,6-7,11-14,16H2,1H3,(H3,24,25,26);1H. The van der Waals surface area contributed by atoms with E-state index in [9.17, 15) is 0 Å². The van der Waals surface area contributed by atoms with Gasteiger partial charge in [-0.15, -0.1) is 24.0 Å². The van der Waals surface area contributed by atoms with Crippen LogP contribution < -0.4 is 11.1 Å². The van der Waals surface area contributed by atoms with Crippen molar-refractivity contribution in [3.8, 4) is 0 Å². The SMILES string of the molecule is Cc1ccccc1C1(CN=C(N)Nc2ccc3c(c2)CCC3)CCOCC1.I. The van der Waals surface area contributed by atoms with Crippen LogP contribution in [-0.4, -0.2) is 25.7 Å². The van der Waals surface area contributed by atoms with Crippen LogP contribution in [0, 0.1) is 6.92 Å². The van der Waals surface area contributed by atoms with Crippen molar-refractivity contribution < 1.29 is 4.74 Å². The third-order valence-corrected chi connectivity index (χ3v) is 6.09. The predicted molar refractivity (Wildman–Crippen MR) is 127 cm³/mol. The topological polar surface area (TPSA) is 59.6 Å². The Labute approximate surface area is 185 Å². The summed E-state index contributed by atoms with van der Waals surface area (Å²) >= 11 is 0. The number of halogens is 1. The van der Waals surface area contributed by atoms with Crippen LogP contribution in [0.5, 0.6) is 0 Å². The van der Waals surface area contributed by atoms with E-state index in [0.717, 1.165) is 38.2 Å². The van der Waals surface area contributed by atoms with Crippen LogP contribution >= 0.6 is 24.0 Å². The molecule has 3 N–H and O–H groups in total. The first-order valence-electron chi connectivity index (χ1n) is 9.99. The number of nitrogens with zero attached hydrogens (tertiary/aromatic N) is 1. The van der Waals surface area contributed by atoms with E-state index in [2.05, 4.69) is 54.7 Å². The van der Waals surface area contributed by atoms with Crippen molar-refractivity contribution in [3.05, 3.63) is 64.7 Å². The van der Waals surface area contributed by atoms with E-state index in [0.29, 0.717) is 12.5 Å². The first-order valence-corrected chi connectivity index (χ1v) is 9.99. The van der Waals surface area contributed by atoms with Crippen LogP contribution in [0.3, 0.4) is 0 Å². The molecular weight excluding hydrogens is 461 g/mol. The fourth-order valence-corrected chi connectivity index (χ4v) is 4.52. The van der Waals surface area contributed by atoms with Gasteiger partial charge in [-0.3, -0.25) is 4.99 Å². The van der Waals surface area contributed by atoms with E-state index in [1.807, 2.05) is 0 Å². The number of nitrogens with one attached hydrogen (secondary N) is 1. The molecule has 150 valence electrons. The van der Waals surface area contributed by atoms with Crippen molar-refractivity contribution in [3.63, 3.8) is 0 Å². The van der Waals surface area contributed by atoms with Crippen LogP contribution in [0.4, 0.5) is 5.69 Å². The maximum absolute atomic E-state index is 6.25. The number of guanidine groups is 1. The first-order chi connectivity index (χ1) is 13.2. The average Bonchev–Trinajstić information content (AvgIpc) is 3.15. The normalized spacial score (nSPS) is 18.2. The lowest BCUT2D eigenvalue weighted by Crippen LogP contribution is -2.38. The quantitative estimate of drug-likeness (QED) is 0.374.